The highest BCUT2D eigenvalue weighted by Crippen LogP contribution is 2.26. The third-order valence-corrected chi connectivity index (χ3v) is 4.95. The molecule has 0 saturated heterocycles. The Hall–Kier alpha value is -3.94. The van der Waals surface area contributed by atoms with Gasteiger partial charge in [-0.2, -0.15) is 4.98 Å². The van der Waals surface area contributed by atoms with Crippen LogP contribution in [0, 0.1) is 5.92 Å². The summed E-state index contributed by atoms with van der Waals surface area (Å²) in [5.74, 6) is 1.68. The minimum absolute atomic E-state index is 0.0119. The maximum Gasteiger partial charge on any atom is 0.274 e. The Labute approximate surface area is 191 Å². The summed E-state index contributed by atoms with van der Waals surface area (Å²) in [6.07, 6.45) is 0.0907. The van der Waals surface area contributed by atoms with Crippen LogP contribution in [-0.2, 0) is 0 Å². The van der Waals surface area contributed by atoms with Crippen molar-refractivity contribution in [3.05, 3.63) is 72.2 Å². The Balaban J connectivity index is 1.48. The minimum atomic E-state index is -0.477. The number of aromatic nitrogens is 3. The van der Waals surface area contributed by atoms with E-state index < -0.39 is 6.04 Å². The SMILES string of the molecule is CC(C)Oc1ccc(-c2cc(C(=O)NC(c3nc(-c4ccccc4)no3)C(C)C)no2)cc1. The van der Waals surface area contributed by atoms with E-state index in [1.807, 2.05) is 82.3 Å². The van der Waals surface area contributed by atoms with Crippen molar-refractivity contribution < 1.29 is 18.6 Å². The summed E-state index contributed by atoms with van der Waals surface area (Å²) in [6.45, 7) is 7.87. The lowest BCUT2D eigenvalue weighted by molar-refractivity contribution is 0.0904. The third-order valence-electron chi connectivity index (χ3n) is 4.95. The molecule has 0 radical (unpaired) electrons. The van der Waals surface area contributed by atoms with E-state index in [9.17, 15) is 4.79 Å². The summed E-state index contributed by atoms with van der Waals surface area (Å²) >= 11 is 0. The number of carbonyl (C=O) groups excluding carboxylic acids is 1. The summed E-state index contributed by atoms with van der Waals surface area (Å²) in [5.41, 5.74) is 1.80. The number of ether oxygens (including phenoxy) is 1. The molecular weight excluding hydrogens is 420 g/mol. The number of nitrogens with zero attached hydrogens (tertiary/aromatic N) is 3. The molecule has 4 aromatic rings. The van der Waals surface area contributed by atoms with Gasteiger partial charge in [-0.3, -0.25) is 4.79 Å². The molecule has 1 amide bonds. The standard InChI is InChI=1S/C25H26N4O4/c1-15(2)22(25-27-23(29-33-25)18-8-6-5-7-9-18)26-24(30)20-14-21(32-28-20)17-10-12-19(13-11-17)31-16(3)4/h5-16,22H,1-4H3,(H,26,30). The molecule has 170 valence electrons. The lowest BCUT2D eigenvalue weighted by atomic mass is 10.0. The van der Waals surface area contributed by atoms with Crippen LogP contribution in [0.3, 0.4) is 0 Å². The second-order valence-electron chi connectivity index (χ2n) is 8.28. The van der Waals surface area contributed by atoms with Crippen LogP contribution in [0.15, 0.2) is 69.7 Å². The average Bonchev–Trinajstić information content (AvgIpc) is 3.48. The topological polar surface area (TPSA) is 103 Å². The lowest BCUT2D eigenvalue weighted by Gasteiger charge is -2.17. The predicted octanol–water partition coefficient (Wildman–Crippen LogP) is 5.31. The van der Waals surface area contributed by atoms with Crippen molar-refractivity contribution in [2.24, 2.45) is 5.92 Å². The summed E-state index contributed by atoms with van der Waals surface area (Å²) < 4.78 is 16.5. The van der Waals surface area contributed by atoms with Crippen molar-refractivity contribution in [3.8, 4) is 28.5 Å². The maximum atomic E-state index is 12.9. The number of benzene rings is 2. The molecular formula is C25H26N4O4. The van der Waals surface area contributed by atoms with Gasteiger partial charge in [-0.25, -0.2) is 0 Å². The second-order valence-corrected chi connectivity index (χ2v) is 8.28. The Morgan fingerprint density at radius 2 is 1.64 bits per heavy atom. The number of carbonyl (C=O) groups is 1. The molecule has 8 nitrogen and oxygen atoms in total. The van der Waals surface area contributed by atoms with Crippen molar-refractivity contribution in [1.29, 1.82) is 0 Å². The maximum absolute atomic E-state index is 12.9. The quantitative estimate of drug-likeness (QED) is 0.391. The number of hydrogen-bond donors (Lipinski definition) is 1. The Morgan fingerprint density at radius 1 is 0.909 bits per heavy atom. The van der Waals surface area contributed by atoms with Gasteiger partial charge < -0.3 is 19.1 Å². The molecule has 2 aromatic carbocycles. The predicted molar refractivity (Wildman–Crippen MR) is 122 cm³/mol. The molecule has 0 fully saturated rings. The van der Waals surface area contributed by atoms with Crippen LogP contribution in [0.4, 0.5) is 0 Å². The smallest absolute Gasteiger partial charge is 0.274 e. The number of nitrogens with one attached hydrogen (secondary N) is 1. The first-order chi connectivity index (χ1) is 15.9. The fourth-order valence-corrected chi connectivity index (χ4v) is 3.28. The molecule has 0 aliphatic carbocycles. The van der Waals surface area contributed by atoms with Gasteiger partial charge in [0.15, 0.2) is 11.5 Å². The van der Waals surface area contributed by atoms with Crippen LogP contribution in [0.2, 0.25) is 0 Å². The summed E-state index contributed by atoms with van der Waals surface area (Å²) in [4.78, 5) is 17.4. The van der Waals surface area contributed by atoms with Crippen molar-refractivity contribution >= 4 is 5.91 Å². The highest BCUT2D eigenvalue weighted by Gasteiger charge is 2.26. The number of hydrogen-bond acceptors (Lipinski definition) is 7. The number of rotatable bonds is 8. The van der Waals surface area contributed by atoms with E-state index in [-0.39, 0.29) is 23.6 Å². The molecule has 8 heteroatoms. The molecule has 2 aromatic heterocycles. The van der Waals surface area contributed by atoms with Crippen molar-refractivity contribution in [1.82, 2.24) is 20.6 Å². The lowest BCUT2D eigenvalue weighted by Crippen LogP contribution is -2.32. The van der Waals surface area contributed by atoms with E-state index in [0.717, 1.165) is 16.9 Å². The first kappa shape index (κ1) is 22.3. The molecule has 0 aliphatic heterocycles. The van der Waals surface area contributed by atoms with Gasteiger partial charge >= 0.3 is 0 Å². The molecule has 0 aliphatic rings. The molecule has 1 atom stereocenters. The van der Waals surface area contributed by atoms with E-state index >= 15 is 0 Å². The van der Waals surface area contributed by atoms with Gasteiger partial charge in [0.25, 0.3) is 5.91 Å². The van der Waals surface area contributed by atoms with Gasteiger partial charge in [-0.05, 0) is 44.0 Å². The van der Waals surface area contributed by atoms with E-state index in [2.05, 4.69) is 20.6 Å². The Morgan fingerprint density at radius 3 is 2.30 bits per heavy atom. The van der Waals surface area contributed by atoms with Crippen molar-refractivity contribution in [3.63, 3.8) is 0 Å². The number of amides is 1. The van der Waals surface area contributed by atoms with Crippen LogP contribution in [0.5, 0.6) is 5.75 Å². The molecule has 0 saturated carbocycles. The van der Waals surface area contributed by atoms with Crippen LogP contribution in [-0.4, -0.2) is 27.3 Å². The van der Waals surface area contributed by atoms with Crippen LogP contribution in [0.25, 0.3) is 22.7 Å². The van der Waals surface area contributed by atoms with Crippen LogP contribution < -0.4 is 10.1 Å². The van der Waals surface area contributed by atoms with Crippen molar-refractivity contribution in [2.45, 2.75) is 39.8 Å². The first-order valence-electron chi connectivity index (χ1n) is 10.8. The first-order valence-corrected chi connectivity index (χ1v) is 10.8. The van der Waals surface area contributed by atoms with Gasteiger partial charge in [0, 0.05) is 17.2 Å². The highest BCUT2D eigenvalue weighted by atomic mass is 16.5. The Kier molecular flexibility index (Phi) is 6.53. The molecule has 33 heavy (non-hydrogen) atoms. The zero-order chi connectivity index (χ0) is 23.4. The fraction of sp³-hybridized carbons (Fsp3) is 0.280. The molecule has 2 heterocycles. The second kappa shape index (κ2) is 9.68. The summed E-state index contributed by atoms with van der Waals surface area (Å²) in [5, 5.41) is 10.9. The largest absolute Gasteiger partial charge is 0.491 e. The summed E-state index contributed by atoms with van der Waals surface area (Å²) in [6, 6.07) is 18.1. The van der Waals surface area contributed by atoms with Gasteiger partial charge in [0.2, 0.25) is 11.7 Å². The van der Waals surface area contributed by atoms with E-state index in [1.54, 1.807) is 6.07 Å². The monoisotopic (exact) mass is 446 g/mol. The summed E-state index contributed by atoms with van der Waals surface area (Å²) in [7, 11) is 0. The normalized spacial score (nSPS) is 12.2. The third kappa shape index (κ3) is 5.28. The molecule has 0 bridgehead atoms. The molecule has 1 unspecified atom stereocenters. The zero-order valence-corrected chi connectivity index (χ0v) is 19.0. The average molecular weight is 447 g/mol. The molecule has 1 N–H and O–H groups in total. The van der Waals surface area contributed by atoms with Gasteiger partial charge in [0.1, 0.15) is 11.8 Å². The van der Waals surface area contributed by atoms with Crippen LogP contribution in [0.1, 0.15) is 50.1 Å². The fourth-order valence-electron chi connectivity index (χ4n) is 3.28. The molecule has 4 rings (SSSR count). The van der Waals surface area contributed by atoms with Gasteiger partial charge in [-0.1, -0.05) is 54.5 Å². The van der Waals surface area contributed by atoms with Crippen LogP contribution >= 0.6 is 0 Å². The minimum Gasteiger partial charge on any atom is -0.491 e. The van der Waals surface area contributed by atoms with E-state index in [4.69, 9.17) is 13.8 Å². The van der Waals surface area contributed by atoms with E-state index in [0.29, 0.717) is 17.5 Å². The van der Waals surface area contributed by atoms with E-state index in [1.165, 1.54) is 0 Å². The highest BCUT2D eigenvalue weighted by molar-refractivity contribution is 5.93. The Bertz CT molecular complexity index is 1200. The zero-order valence-electron chi connectivity index (χ0n) is 19.0. The van der Waals surface area contributed by atoms with Gasteiger partial charge in [0.05, 0.1) is 6.10 Å². The van der Waals surface area contributed by atoms with Gasteiger partial charge in [-0.15, -0.1) is 0 Å². The van der Waals surface area contributed by atoms with Crippen molar-refractivity contribution in [2.75, 3.05) is 0 Å². The molecule has 0 spiro atoms.